The van der Waals surface area contributed by atoms with Crippen LogP contribution in [0.15, 0.2) is 44.0 Å². The minimum absolute atomic E-state index is 0.0430. The molecule has 0 N–H and O–H groups in total. The average Bonchev–Trinajstić information content (AvgIpc) is 2.78. The van der Waals surface area contributed by atoms with Gasteiger partial charge in [-0.3, -0.25) is 4.79 Å². The van der Waals surface area contributed by atoms with E-state index in [0.29, 0.717) is 18.8 Å². The Labute approximate surface area is 138 Å². The number of halogens is 2. The third kappa shape index (κ3) is 4.70. The largest absolute Gasteiger partial charge is 0.491 e. The molecule has 2 rings (SSSR count). The average molecular weight is 420 g/mol. The first-order valence-corrected chi connectivity index (χ1v) is 8.30. The van der Waals surface area contributed by atoms with Crippen LogP contribution in [0.25, 0.3) is 0 Å². The van der Waals surface area contributed by atoms with Gasteiger partial charge in [0.15, 0.2) is 5.78 Å². The number of rotatable bonds is 7. The molecular weight excluding hydrogens is 408 g/mol. The van der Waals surface area contributed by atoms with E-state index in [0.717, 1.165) is 13.3 Å². The molecule has 0 aliphatic rings. The quantitative estimate of drug-likeness (QED) is 0.487. The highest BCUT2D eigenvalue weighted by atomic mass is 79.9. The summed E-state index contributed by atoms with van der Waals surface area (Å²) in [6.07, 6.45) is 0. The zero-order valence-electron chi connectivity index (χ0n) is 10.5. The van der Waals surface area contributed by atoms with Crippen molar-refractivity contribution in [2.75, 3.05) is 19.8 Å². The molecule has 0 radical (unpaired) electrons. The molecule has 106 valence electrons. The van der Waals surface area contributed by atoms with Gasteiger partial charge >= 0.3 is 0 Å². The third-order valence-corrected chi connectivity index (χ3v) is 4.77. The lowest BCUT2D eigenvalue weighted by Gasteiger charge is -2.06. The maximum absolute atomic E-state index is 11.9. The number of hydrogen-bond acceptors (Lipinski definition) is 4. The molecule has 0 bridgehead atoms. The lowest BCUT2D eigenvalue weighted by molar-refractivity contribution is 0.0688. The molecule has 6 heteroatoms. The molecule has 0 amide bonds. The van der Waals surface area contributed by atoms with Crippen LogP contribution in [-0.4, -0.2) is 25.6 Å². The molecule has 0 saturated heterocycles. The summed E-state index contributed by atoms with van der Waals surface area (Å²) in [6.45, 7) is 0.856. The summed E-state index contributed by atoms with van der Waals surface area (Å²) in [5.41, 5.74) is 0.644. The highest BCUT2D eigenvalue weighted by Gasteiger charge is 2.13. The van der Waals surface area contributed by atoms with Gasteiger partial charge in [-0.1, -0.05) is 18.2 Å². The SMILES string of the molecule is O=C(COCCOc1ccccc1)c1cc(Br)sc1Br. The Kier molecular flexibility index (Phi) is 6.22. The molecule has 0 aliphatic carbocycles. The minimum Gasteiger partial charge on any atom is -0.491 e. The second-order valence-corrected chi connectivity index (χ2v) is 7.62. The Balaban J connectivity index is 1.68. The highest BCUT2D eigenvalue weighted by molar-refractivity contribution is 9.12. The van der Waals surface area contributed by atoms with Gasteiger partial charge < -0.3 is 9.47 Å². The van der Waals surface area contributed by atoms with E-state index >= 15 is 0 Å². The number of thiophene rings is 1. The molecule has 2 aromatic rings. The lowest BCUT2D eigenvalue weighted by atomic mass is 10.2. The molecule has 1 aromatic carbocycles. The maximum Gasteiger partial charge on any atom is 0.190 e. The molecule has 0 saturated carbocycles. The first-order valence-electron chi connectivity index (χ1n) is 5.90. The van der Waals surface area contributed by atoms with E-state index in [2.05, 4.69) is 31.9 Å². The molecule has 0 fully saturated rings. The van der Waals surface area contributed by atoms with Crippen LogP contribution in [-0.2, 0) is 4.74 Å². The fraction of sp³-hybridized carbons (Fsp3) is 0.214. The van der Waals surface area contributed by atoms with Gasteiger partial charge in [-0.05, 0) is 50.1 Å². The molecular formula is C14H12Br2O3S. The molecule has 0 aliphatic heterocycles. The zero-order chi connectivity index (χ0) is 14.4. The van der Waals surface area contributed by atoms with Crippen LogP contribution < -0.4 is 4.74 Å². The van der Waals surface area contributed by atoms with Gasteiger partial charge in [0.1, 0.15) is 19.0 Å². The number of hydrogen-bond donors (Lipinski definition) is 0. The number of benzene rings is 1. The van der Waals surface area contributed by atoms with Gasteiger partial charge in [0.25, 0.3) is 0 Å². The number of Topliss-reactive ketones (excluding diaryl/α,β-unsaturated/α-hetero) is 1. The van der Waals surface area contributed by atoms with Crippen LogP contribution >= 0.6 is 43.2 Å². The second kappa shape index (κ2) is 7.93. The highest BCUT2D eigenvalue weighted by Crippen LogP contribution is 2.32. The van der Waals surface area contributed by atoms with E-state index in [1.807, 2.05) is 30.3 Å². The molecule has 0 unspecified atom stereocenters. The zero-order valence-corrected chi connectivity index (χ0v) is 14.5. The summed E-state index contributed by atoms with van der Waals surface area (Å²) < 4.78 is 12.5. The summed E-state index contributed by atoms with van der Waals surface area (Å²) in [5, 5.41) is 0. The fourth-order valence-electron chi connectivity index (χ4n) is 1.51. The van der Waals surface area contributed by atoms with E-state index in [1.165, 1.54) is 11.3 Å². The Bertz CT molecular complexity index is 569. The van der Waals surface area contributed by atoms with Crippen molar-refractivity contribution in [1.29, 1.82) is 0 Å². The van der Waals surface area contributed by atoms with Gasteiger partial charge in [-0.25, -0.2) is 0 Å². The minimum atomic E-state index is -0.0430. The Morgan fingerprint density at radius 1 is 1.15 bits per heavy atom. The van der Waals surface area contributed by atoms with Crippen molar-refractivity contribution in [2.45, 2.75) is 0 Å². The van der Waals surface area contributed by atoms with Gasteiger partial charge in [0.2, 0.25) is 0 Å². The summed E-state index contributed by atoms with van der Waals surface area (Å²) in [7, 11) is 0. The van der Waals surface area contributed by atoms with Crippen molar-refractivity contribution < 1.29 is 14.3 Å². The lowest BCUT2D eigenvalue weighted by Crippen LogP contribution is -2.13. The van der Waals surface area contributed by atoms with Crippen molar-refractivity contribution in [2.24, 2.45) is 0 Å². The number of ether oxygens (including phenoxy) is 2. The first-order chi connectivity index (χ1) is 9.66. The summed E-state index contributed by atoms with van der Waals surface area (Å²) in [5.74, 6) is 0.755. The van der Waals surface area contributed by atoms with Crippen molar-refractivity contribution >= 4 is 49.0 Å². The van der Waals surface area contributed by atoms with E-state index in [-0.39, 0.29) is 12.4 Å². The van der Waals surface area contributed by atoms with Gasteiger partial charge in [-0.15, -0.1) is 11.3 Å². The van der Waals surface area contributed by atoms with E-state index in [4.69, 9.17) is 9.47 Å². The number of ketones is 1. The Morgan fingerprint density at radius 3 is 2.55 bits per heavy atom. The number of carbonyl (C=O) groups excluding carboxylic acids is 1. The molecule has 1 heterocycles. The standard InChI is InChI=1S/C14H12Br2O3S/c15-13-8-11(14(16)20-13)12(17)9-18-6-7-19-10-4-2-1-3-5-10/h1-5,8H,6-7,9H2. The topological polar surface area (TPSA) is 35.5 Å². The van der Waals surface area contributed by atoms with Crippen molar-refractivity contribution in [3.05, 3.63) is 49.5 Å². The Morgan fingerprint density at radius 2 is 1.90 bits per heavy atom. The maximum atomic E-state index is 11.9. The first kappa shape index (κ1) is 15.7. The van der Waals surface area contributed by atoms with Crippen molar-refractivity contribution in [1.82, 2.24) is 0 Å². The van der Waals surface area contributed by atoms with E-state index in [9.17, 15) is 4.79 Å². The predicted molar refractivity (Wildman–Crippen MR) is 86.8 cm³/mol. The number of carbonyl (C=O) groups is 1. The smallest absolute Gasteiger partial charge is 0.190 e. The van der Waals surface area contributed by atoms with Crippen molar-refractivity contribution in [3.8, 4) is 5.75 Å². The third-order valence-electron chi connectivity index (χ3n) is 2.43. The molecule has 1 aromatic heterocycles. The molecule has 0 spiro atoms. The normalized spacial score (nSPS) is 10.5. The van der Waals surface area contributed by atoms with Gasteiger partial charge in [0.05, 0.1) is 14.2 Å². The van der Waals surface area contributed by atoms with Crippen LogP contribution in [0, 0.1) is 0 Å². The van der Waals surface area contributed by atoms with Crippen LogP contribution in [0.4, 0.5) is 0 Å². The molecule has 3 nitrogen and oxygen atoms in total. The summed E-state index contributed by atoms with van der Waals surface area (Å²) >= 11 is 8.17. The van der Waals surface area contributed by atoms with Crippen LogP contribution in [0.1, 0.15) is 10.4 Å². The summed E-state index contributed by atoms with van der Waals surface area (Å²) in [6, 6.07) is 11.3. The van der Waals surface area contributed by atoms with Gasteiger partial charge in [-0.2, -0.15) is 0 Å². The number of para-hydroxylation sites is 1. The van der Waals surface area contributed by atoms with E-state index < -0.39 is 0 Å². The second-order valence-electron chi connectivity index (χ2n) is 3.88. The Hall–Kier alpha value is -0.690. The molecule has 20 heavy (non-hydrogen) atoms. The van der Waals surface area contributed by atoms with Crippen LogP contribution in [0.2, 0.25) is 0 Å². The van der Waals surface area contributed by atoms with Crippen LogP contribution in [0.5, 0.6) is 5.75 Å². The predicted octanol–water partition coefficient (Wildman–Crippen LogP) is 4.55. The fourth-order valence-corrected chi connectivity index (χ4v) is 4.36. The van der Waals surface area contributed by atoms with Crippen LogP contribution in [0.3, 0.4) is 0 Å². The molecule has 0 atom stereocenters. The van der Waals surface area contributed by atoms with E-state index in [1.54, 1.807) is 6.07 Å². The van der Waals surface area contributed by atoms with Crippen molar-refractivity contribution in [3.63, 3.8) is 0 Å². The summed E-state index contributed by atoms with van der Waals surface area (Å²) in [4.78, 5) is 11.9. The van der Waals surface area contributed by atoms with Gasteiger partial charge in [0, 0.05) is 5.56 Å². The monoisotopic (exact) mass is 418 g/mol.